The Balaban J connectivity index is 1.81. The SMILES string of the molecule is Cc1cccnc1Nc1nccc([C@H]2CCNC2)n1. The molecule has 3 rings (SSSR count). The Morgan fingerprint density at radius 1 is 1.26 bits per heavy atom. The van der Waals surface area contributed by atoms with Crippen molar-refractivity contribution in [2.24, 2.45) is 0 Å². The number of anilines is 2. The number of hydrogen-bond donors (Lipinski definition) is 2. The number of pyridine rings is 1. The molecule has 0 saturated carbocycles. The molecule has 1 aliphatic rings. The Kier molecular flexibility index (Phi) is 3.37. The highest BCUT2D eigenvalue weighted by atomic mass is 15.1. The van der Waals surface area contributed by atoms with Crippen LogP contribution in [-0.2, 0) is 0 Å². The zero-order chi connectivity index (χ0) is 13.1. The van der Waals surface area contributed by atoms with Crippen molar-refractivity contribution in [2.75, 3.05) is 18.4 Å². The zero-order valence-corrected chi connectivity index (χ0v) is 10.9. The highest BCUT2D eigenvalue weighted by Gasteiger charge is 2.18. The van der Waals surface area contributed by atoms with Crippen molar-refractivity contribution in [3.8, 4) is 0 Å². The first-order valence-electron chi connectivity index (χ1n) is 6.55. The van der Waals surface area contributed by atoms with Crippen LogP contribution in [0.15, 0.2) is 30.6 Å². The third kappa shape index (κ3) is 2.71. The van der Waals surface area contributed by atoms with Gasteiger partial charge in [-0.05, 0) is 37.6 Å². The molecular formula is C14H17N5. The summed E-state index contributed by atoms with van der Waals surface area (Å²) in [5.41, 5.74) is 2.18. The van der Waals surface area contributed by atoms with Crippen LogP contribution in [-0.4, -0.2) is 28.0 Å². The molecule has 5 nitrogen and oxygen atoms in total. The van der Waals surface area contributed by atoms with Crippen LogP contribution in [0.5, 0.6) is 0 Å². The first-order chi connectivity index (χ1) is 9.33. The third-order valence-corrected chi connectivity index (χ3v) is 3.40. The molecular weight excluding hydrogens is 238 g/mol. The maximum Gasteiger partial charge on any atom is 0.228 e. The van der Waals surface area contributed by atoms with E-state index in [1.54, 1.807) is 12.4 Å². The van der Waals surface area contributed by atoms with E-state index in [0.717, 1.165) is 36.6 Å². The van der Waals surface area contributed by atoms with E-state index in [1.807, 2.05) is 25.1 Å². The van der Waals surface area contributed by atoms with Gasteiger partial charge in [-0.1, -0.05) is 6.07 Å². The molecule has 2 aromatic rings. The van der Waals surface area contributed by atoms with Gasteiger partial charge in [0.25, 0.3) is 0 Å². The fourth-order valence-corrected chi connectivity index (χ4v) is 2.29. The molecule has 0 unspecified atom stereocenters. The Labute approximate surface area is 112 Å². The van der Waals surface area contributed by atoms with Crippen molar-refractivity contribution in [2.45, 2.75) is 19.3 Å². The summed E-state index contributed by atoms with van der Waals surface area (Å²) in [6.07, 6.45) is 4.71. The number of nitrogens with zero attached hydrogens (tertiary/aromatic N) is 3. The molecule has 0 radical (unpaired) electrons. The average molecular weight is 255 g/mol. The van der Waals surface area contributed by atoms with Crippen LogP contribution in [0.25, 0.3) is 0 Å². The summed E-state index contributed by atoms with van der Waals surface area (Å²) in [6, 6.07) is 5.93. The molecule has 19 heavy (non-hydrogen) atoms. The van der Waals surface area contributed by atoms with Crippen LogP contribution in [0.4, 0.5) is 11.8 Å². The van der Waals surface area contributed by atoms with Gasteiger partial charge in [0.15, 0.2) is 0 Å². The molecule has 5 heteroatoms. The smallest absolute Gasteiger partial charge is 0.228 e. The maximum absolute atomic E-state index is 4.59. The lowest BCUT2D eigenvalue weighted by molar-refractivity contribution is 0.732. The molecule has 1 atom stereocenters. The average Bonchev–Trinajstić information content (AvgIpc) is 2.96. The summed E-state index contributed by atoms with van der Waals surface area (Å²) < 4.78 is 0. The topological polar surface area (TPSA) is 62.7 Å². The number of aromatic nitrogens is 3. The fraction of sp³-hybridized carbons (Fsp3) is 0.357. The highest BCUT2D eigenvalue weighted by molar-refractivity contribution is 5.52. The van der Waals surface area contributed by atoms with Gasteiger partial charge in [-0.3, -0.25) is 0 Å². The summed E-state index contributed by atoms with van der Waals surface area (Å²) >= 11 is 0. The molecule has 2 aromatic heterocycles. The predicted molar refractivity (Wildman–Crippen MR) is 74.5 cm³/mol. The Bertz CT molecular complexity index is 563. The van der Waals surface area contributed by atoms with Gasteiger partial charge in [0.2, 0.25) is 5.95 Å². The van der Waals surface area contributed by atoms with Gasteiger partial charge in [0.1, 0.15) is 5.82 Å². The molecule has 0 aliphatic carbocycles. The van der Waals surface area contributed by atoms with Crippen LogP contribution in [0.2, 0.25) is 0 Å². The molecule has 1 fully saturated rings. The summed E-state index contributed by atoms with van der Waals surface area (Å²) in [4.78, 5) is 13.2. The minimum atomic E-state index is 0.494. The minimum absolute atomic E-state index is 0.494. The van der Waals surface area contributed by atoms with E-state index in [9.17, 15) is 0 Å². The standard InChI is InChI=1S/C14H17N5/c1-10-3-2-6-16-13(10)19-14-17-8-5-12(18-14)11-4-7-15-9-11/h2-3,5-6,8,11,15H,4,7,9H2,1H3,(H,16,17,18,19)/t11-/m0/s1. The van der Waals surface area contributed by atoms with Gasteiger partial charge < -0.3 is 10.6 Å². The van der Waals surface area contributed by atoms with Gasteiger partial charge >= 0.3 is 0 Å². The maximum atomic E-state index is 4.59. The third-order valence-electron chi connectivity index (χ3n) is 3.40. The molecule has 0 spiro atoms. The lowest BCUT2D eigenvalue weighted by Crippen LogP contribution is -2.10. The largest absolute Gasteiger partial charge is 0.316 e. The van der Waals surface area contributed by atoms with Crippen LogP contribution < -0.4 is 10.6 Å². The predicted octanol–water partition coefficient (Wildman–Crippen LogP) is 2.00. The Morgan fingerprint density at radius 3 is 3.00 bits per heavy atom. The Morgan fingerprint density at radius 2 is 2.21 bits per heavy atom. The lowest BCUT2D eigenvalue weighted by Gasteiger charge is -2.10. The zero-order valence-electron chi connectivity index (χ0n) is 10.9. The molecule has 2 N–H and O–H groups in total. The van der Waals surface area contributed by atoms with Crippen molar-refractivity contribution < 1.29 is 0 Å². The van der Waals surface area contributed by atoms with E-state index < -0.39 is 0 Å². The van der Waals surface area contributed by atoms with Gasteiger partial charge in [-0.2, -0.15) is 0 Å². The van der Waals surface area contributed by atoms with Gasteiger partial charge in [0, 0.05) is 24.9 Å². The molecule has 0 bridgehead atoms. The second kappa shape index (κ2) is 5.32. The number of aryl methyl sites for hydroxylation is 1. The van der Waals surface area contributed by atoms with Gasteiger partial charge in [-0.25, -0.2) is 15.0 Å². The molecule has 0 amide bonds. The summed E-state index contributed by atoms with van der Waals surface area (Å²) in [7, 11) is 0. The van der Waals surface area contributed by atoms with E-state index in [-0.39, 0.29) is 0 Å². The quantitative estimate of drug-likeness (QED) is 0.878. The van der Waals surface area contributed by atoms with Crippen LogP contribution in [0.3, 0.4) is 0 Å². The first kappa shape index (κ1) is 12.0. The van der Waals surface area contributed by atoms with Crippen LogP contribution in [0.1, 0.15) is 23.6 Å². The number of rotatable bonds is 3. The molecule has 1 aliphatic heterocycles. The monoisotopic (exact) mass is 255 g/mol. The van der Waals surface area contributed by atoms with Gasteiger partial charge in [0.05, 0.1) is 5.69 Å². The molecule has 0 aromatic carbocycles. The highest BCUT2D eigenvalue weighted by Crippen LogP contribution is 2.21. The second-order valence-corrected chi connectivity index (χ2v) is 4.79. The van der Waals surface area contributed by atoms with E-state index in [0.29, 0.717) is 11.9 Å². The normalized spacial score (nSPS) is 18.5. The van der Waals surface area contributed by atoms with E-state index in [2.05, 4.69) is 25.6 Å². The lowest BCUT2D eigenvalue weighted by atomic mass is 10.1. The van der Waals surface area contributed by atoms with Crippen molar-refractivity contribution in [3.05, 3.63) is 41.9 Å². The van der Waals surface area contributed by atoms with Gasteiger partial charge in [-0.15, -0.1) is 0 Å². The van der Waals surface area contributed by atoms with Crippen molar-refractivity contribution in [1.82, 2.24) is 20.3 Å². The summed E-state index contributed by atoms with van der Waals surface area (Å²) in [6.45, 7) is 4.08. The Hall–Kier alpha value is -2.01. The summed E-state index contributed by atoms with van der Waals surface area (Å²) in [5.74, 6) is 1.92. The van der Waals surface area contributed by atoms with Crippen LogP contribution >= 0.6 is 0 Å². The first-order valence-corrected chi connectivity index (χ1v) is 6.55. The van der Waals surface area contributed by atoms with Crippen molar-refractivity contribution in [1.29, 1.82) is 0 Å². The van der Waals surface area contributed by atoms with Crippen molar-refractivity contribution >= 4 is 11.8 Å². The number of hydrogen-bond acceptors (Lipinski definition) is 5. The van der Waals surface area contributed by atoms with Crippen molar-refractivity contribution in [3.63, 3.8) is 0 Å². The van der Waals surface area contributed by atoms with E-state index >= 15 is 0 Å². The molecule has 3 heterocycles. The van der Waals surface area contributed by atoms with E-state index in [4.69, 9.17) is 0 Å². The fourth-order valence-electron chi connectivity index (χ4n) is 2.29. The second-order valence-electron chi connectivity index (χ2n) is 4.79. The minimum Gasteiger partial charge on any atom is -0.316 e. The molecule has 1 saturated heterocycles. The van der Waals surface area contributed by atoms with E-state index in [1.165, 1.54) is 0 Å². The number of nitrogens with one attached hydrogen (secondary N) is 2. The van der Waals surface area contributed by atoms with Crippen LogP contribution in [0, 0.1) is 6.92 Å². The molecule has 98 valence electrons. The summed E-state index contributed by atoms with van der Waals surface area (Å²) in [5, 5.41) is 6.54.